The average Bonchev–Trinajstić information content (AvgIpc) is 2.58. The van der Waals surface area contributed by atoms with Crippen LogP contribution in [0, 0.1) is 0 Å². The molecule has 2 aromatic rings. The molecule has 1 atom stereocenters. The fraction of sp³-hybridized carbons (Fsp3) is 0.263. The zero-order valence-corrected chi connectivity index (χ0v) is 13.4. The zero-order valence-electron chi connectivity index (χ0n) is 13.4. The fourth-order valence-electron chi connectivity index (χ4n) is 2.43. The van der Waals surface area contributed by atoms with E-state index in [0.717, 1.165) is 23.2 Å². The normalized spacial score (nSPS) is 11.6. The molecule has 1 N–H and O–H groups in total. The monoisotopic (exact) mass is 311 g/mol. The van der Waals surface area contributed by atoms with Crippen LogP contribution in [-0.4, -0.2) is 19.0 Å². The van der Waals surface area contributed by atoms with Crippen molar-refractivity contribution in [1.29, 1.82) is 0 Å². The van der Waals surface area contributed by atoms with Gasteiger partial charge in [0.25, 0.3) is 0 Å². The minimum atomic E-state index is -0.281. The molecule has 0 aliphatic carbocycles. The first kappa shape index (κ1) is 16.7. The molecule has 2 aromatic carbocycles. The van der Waals surface area contributed by atoms with Crippen LogP contribution in [0.15, 0.2) is 54.6 Å². The lowest BCUT2D eigenvalue weighted by Crippen LogP contribution is -2.20. The zero-order chi connectivity index (χ0) is 16.7. The number of benzene rings is 2. The maximum Gasteiger partial charge on any atom is 0.309 e. The van der Waals surface area contributed by atoms with Crippen LogP contribution in [0.1, 0.15) is 30.4 Å². The van der Waals surface area contributed by atoms with Crippen LogP contribution >= 0.6 is 0 Å². The smallest absolute Gasteiger partial charge is 0.309 e. The topological polar surface area (TPSA) is 55.4 Å². The lowest BCUT2D eigenvalue weighted by atomic mass is 9.95. The molecule has 23 heavy (non-hydrogen) atoms. The van der Waals surface area contributed by atoms with Gasteiger partial charge in [-0.25, -0.2) is 0 Å². The number of hydrogen-bond acceptors (Lipinski definition) is 3. The molecular formula is C19H21NO3. The van der Waals surface area contributed by atoms with Crippen molar-refractivity contribution in [2.45, 2.75) is 25.7 Å². The van der Waals surface area contributed by atoms with Crippen LogP contribution in [0.4, 0.5) is 5.69 Å². The van der Waals surface area contributed by atoms with Crippen molar-refractivity contribution < 1.29 is 14.3 Å². The number of carbonyl (C=O) groups is 2. The van der Waals surface area contributed by atoms with Gasteiger partial charge < -0.3 is 10.1 Å². The third kappa shape index (κ3) is 4.68. The third-order valence-electron chi connectivity index (χ3n) is 3.72. The average molecular weight is 311 g/mol. The number of anilines is 1. The van der Waals surface area contributed by atoms with Crippen LogP contribution in [0.5, 0.6) is 0 Å². The van der Waals surface area contributed by atoms with Gasteiger partial charge in [0.05, 0.1) is 19.4 Å². The predicted molar refractivity (Wildman–Crippen MR) is 90.3 cm³/mol. The number of hydrogen-bond donors (Lipinski definition) is 1. The molecule has 1 unspecified atom stereocenters. The summed E-state index contributed by atoms with van der Waals surface area (Å²) in [5, 5.41) is 2.93. The largest absolute Gasteiger partial charge is 0.469 e. The molecule has 0 saturated heterocycles. The number of ether oxygens (including phenoxy) is 1. The Bertz CT molecular complexity index is 650. The number of rotatable bonds is 6. The van der Waals surface area contributed by atoms with E-state index in [9.17, 15) is 9.59 Å². The highest BCUT2D eigenvalue weighted by Gasteiger charge is 2.18. The van der Waals surface area contributed by atoms with Crippen molar-refractivity contribution in [3.63, 3.8) is 0 Å². The maximum absolute atomic E-state index is 12.5. The molecule has 4 heteroatoms. The van der Waals surface area contributed by atoms with Crippen molar-refractivity contribution in [3.8, 4) is 0 Å². The van der Waals surface area contributed by atoms with Gasteiger partial charge in [0, 0.05) is 5.69 Å². The second-order valence-corrected chi connectivity index (χ2v) is 5.31. The SMILES string of the molecule is CCC(C(=O)Nc1ccc(CC(=O)OC)cc1)c1ccccc1. The van der Waals surface area contributed by atoms with E-state index in [4.69, 9.17) is 0 Å². The van der Waals surface area contributed by atoms with Crippen LogP contribution in [0.3, 0.4) is 0 Å². The van der Waals surface area contributed by atoms with Gasteiger partial charge in [-0.05, 0) is 29.7 Å². The first-order valence-electron chi connectivity index (χ1n) is 7.65. The minimum absolute atomic E-state index is 0.0283. The Balaban J connectivity index is 2.03. The van der Waals surface area contributed by atoms with Crippen LogP contribution in [0.25, 0.3) is 0 Å². The number of carbonyl (C=O) groups excluding carboxylic acids is 2. The highest BCUT2D eigenvalue weighted by atomic mass is 16.5. The minimum Gasteiger partial charge on any atom is -0.469 e. The molecular weight excluding hydrogens is 290 g/mol. The van der Waals surface area contributed by atoms with E-state index in [0.29, 0.717) is 0 Å². The van der Waals surface area contributed by atoms with E-state index < -0.39 is 0 Å². The van der Waals surface area contributed by atoms with E-state index in [1.807, 2.05) is 49.4 Å². The summed E-state index contributed by atoms with van der Waals surface area (Å²) in [5.41, 5.74) is 2.58. The van der Waals surface area contributed by atoms with Crippen LogP contribution in [0.2, 0.25) is 0 Å². The van der Waals surface area contributed by atoms with Gasteiger partial charge in [0.2, 0.25) is 5.91 Å². The molecule has 0 aliphatic rings. The van der Waals surface area contributed by atoms with Gasteiger partial charge in [0.15, 0.2) is 0 Å². The molecule has 2 rings (SSSR count). The molecule has 0 heterocycles. The summed E-state index contributed by atoms with van der Waals surface area (Å²) in [6.07, 6.45) is 0.961. The molecule has 0 fully saturated rings. The second-order valence-electron chi connectivity index (χ2n) is 5.31. The fourth-order valence-corrected chi connectivity index (χ4v) is 2.43. The van der Waals surface area contributed by atoms with Gasteiger partial charge in [0.1, 0.15) is 0 Å². The van der Waals surface area contributed by atoms with Crippen LogP contribution < -0.4 is 5.32 Å². The van der Waals surface area contributed by atoms with Crippen molar-refractivity contribution in [1.82, 2.24) is 0 Å². The number of amides is 1. The Morgan fingerprint density at radius 2 is 1.70 bits per heavy atom. The summed E-state index contributed by atoms with van der Waals surface area (Å²) in [6.45, 7) is 2.00. The Kier molecular flexibility index (Phi) is 5.92. The first-order valence-corrected chi connectivity index (χ1v) is 7.65. The van der Waals surface area contributed by atoms with Crippen LogP contribution in [-0.2, 0) is 20.7 Å². The molecule has 0 aromatic heterocycles. The predicted octanol–water partition coefficient (Wildman–Crippen LogP) is 3.53. The van der Waals surface area contributed by atoms with E-state index in [1.54, 1.807) is 12.1 Å². The van der Waals surface area contributed by atoms with Gasteiger partial charge in [-0.2, -0.15) is 0 Å². The highest BCUT2D eigenvalue weighted by molar-refractivity contribution is 5.95. The lowest BCUT2D eigenvalue weighted by Gasteiger charge is -2.15. The Morgan fingerprint density at radius 3 is 2.26 bits per heavy atom. The second kappa shape index (κ2) is 8.13. The highest BCUT2D eigenvalue weighted by Crippen LogP contribution is 2.21. The summed E-state index contributed by atoms with van der Waals surface area (Å²) in [7, 11) is 1.37. The molecule has 0 saturated carbocycles. The van der Waals surface area contributed by atoms with Crippen molar-refractivity contribution in [2.75, 3.05) is 12.4 Å². The van der Waals surface area contributed by atoms with Crippen molar-refractivity contribution in [2.24, 2.45) is 0 Å². The first-order chi connectivity index (χ1) is 11.1. The molecule has 4 nitrogen and oxygen atoms in total. The van der Waals surface area contributed by atoms with Crippen molar-refractivity contribution in [3.05, 3.63) is 65.7 Å². The molecule has 0 bridgehead atoms. The number of esters is 1. The van der Waals surface area contributed by atoms with Gasteiger partial charge >= 0.3 is 5.97 Å². The Hall–Kier alpha value is -2.62. The van der Waals surface area contributed by atoms with E-state index in [-0.39, 0.29) is 24.2 Å². The third-order valence-corrected chi connectivity index (χ3v) is 3.72. The summed E-state index contributed by atoms with van der Waals surface area (Å²) in [5.74, 6) is -0.484. The molecule has 0 spiro atoms. The standard InChI is InChI=1S/C19H21NO3/c1-3-17(15-7-5-4-6-8-15)19(22)20-16-11-9-14(10-12-16)13-18(21)23-2/h4-12,17H,3,13H2,1-2H3,(H,20,22). The summed E-state index contributed by atoms with van der Waals surface area (Å²) in [6, 6.07) is 17.0. The van der Waals surface area contributed by atoms with E-state index in [1.165, 1.54) is 7.11 Å². The van der Waals surface area contributed by atoms with E-state index >= 15 is 0 Å². The maximum atomic E-state index is 12.5. The number of methoxy groups -OCH3 is 1. The molecule has 1 amide bonds. The Labute approximate surface area is 136 Å². The Morgan fingerprint density at radius 1 is 1.04 bits per heavy atom. The quantitative estimate of drug-likeness (QED) is 0.830. The van der Waals surface area contributed by atoms with E-state index in [2.05, 4.69) is 10.1 Å². The summed E-state index contributed by atoms with van der Waals surface area (Å²) < 4.78 is 4.64. The molecule has 0 radical (unpaired) electrons. The van der Waals surface area contributed by atoms with Gasteiger partial charge in [-0.1, -0.05) is 49.4 Å². The van der Waals surface area contributed by atoms with Gasteiger partial charge in [-0.15, -0.1) is 0 Å². The van der Waals surface area contributed by atoms with Crippen molar-refractivity contribution >= 4 is 17.6 Å². The summed E-state index contributed by atoms with van der Waals surface area (Å²) >= 11 is 0. The number of nitrogens with one attached hydrogen (secondary N) is 1. The molecule has 120 valence electrons. The summed E-state index contributed by atoms with van der Waals surface area (Å²) in [4.78, 5) is 23.7. The van der Waals surface area contributed by atoms with Gasteiger partial charge in [-0.3, -0.25) is 9.59 Å². The lowest BCUT2D eigenvalue weighted by molar-refractivity contribution is -0.139. The molecule has 0 aliphatic heterocycles.